The van der Waals surface area contributed by atoms with Crippen molar-refractivity contribution in [2.24, 2.45) is 0 Å². The molecule has 0 N–H and O–H groups in total. The van der Waals surface area contributed by atoms with Crippen LogP contribution in [0.3, 0.4) is 0 Å². The van der Waals surface area contributed by atoms with Crippen LogP contribution >= 0.6 is 0 Å². The highest BCUT2D eigenvalue weighted by atomic mass is 16.4. The number of anilines is 1. The molecule has 0 unspecified atom stereocenters. The standard InChI is InChI=1S/C14H16N4O2/c19-14(20)12-10-6-8-17(9-3-1-2-4-9)13(10)18-11(16-12)5-7-15-18/h5,7,9H,1-4,6,8H2,(H,19,20)/p-1. The first-order valence-corrected chi connectivity index (χ1v) is 7.10. The maximum Gasteiger partial charge on any atom is 0.158 e. The molecular formula is C14H15N4O2-. The zero-order chi connectivity index (χ0) is 13.7. The first kappa shape index (κ1) is 11.7. The second kappa shape index (κ2) is 4.19. The maximum atomic E-state index is 11.3. The summed E-state index contributed by atoms with van der Waals surface area (Å²) in [6.07, 6.45) is 7.20. The number of aromatic carboxylic acids is 1. The summed E-state index contributed by atoms with van der Waals surface area (Å²) in [5.41, 5.74) is 1.43. The number of carbonyl (C=O) groups is 1. The van der Waals surface area contributed by atoms with E-state index in [0.29, 0.717) is 18.1 Å². The van der Waals surface area contributed by atoms with Gasteiger partial charge >= 0.3 is 0 Å². The highest BCUT2D eigenvalue weighted by molar-refractivity contribution is 5.88. The van der Waals surface area contributed by atoms with Gasteiger partial charge in [-0.2, -0.15) is 9.61 Å². The topological polar surface area (TPSA) is 73.6 Å². The molecule has 6 nitrogen and oxygen atoms in total. The molecule has 2 aromatic rings. The number of fused-ring (bicyclic) bond motifs is 3. The minimum atomic E-state index is -1.20. The molecule has 0 saturated heterocycles. The summed E-state index contributed by atoms with van der Waals surface area (Å²) in [6, 6.07) is 2.23. The van der Waals surface area contributed by atoms with Crippen LogP contribution in [0.1, 0.15) is 41.7 Å². The van der Waals surface area contributed by atoms with Gasteiger partial charge in [-0.05, 0) is 19.3 Å². The monoisotopic (exact) mass is 271 g/mol. The van der Waals surface area contributed by atoms with Gasteiger partial charge in [-0.1, -0.05) is 12.8 Å². The van der Waals surface area contributed by atoms with Crippen molar-refractivity contribution >= 4 is 17.4 Å². The van der Waals surface area contributed by atoms with E-state index in [1.807, 2.05) is 0 Å². The first-order valence-electron chi connectivity index (χ1n) is 7.10. The van der Waals surface area contributed by atoms with Crippen LogP contribution in [0.2, 0.25) is 0 Å². The number of nitrogens with zero attached hydrogens (tertiary/aromatic N) is 4. The van der Waals surface area contributed by atoms with E-state index in [4.69, 9.17) is 0 Å². The molecule has 1 saturated carbocycles. The van der Waals surface area contributed by atoms with Crippen LogP contribution in [0.25, 0.3) is 5.65 Å². The summed E-state index contributed by atoms with van der Waals surface area (Å²) >= 11 is 0. The summed E-state index contributed by atoms with van der Waals surface area (Å²) in [5, 5.41) is 15.6. The molecule has 2 aromatic heterocycles. The van der Waals surface area contributed by atoms with Crippen molar-refractivity contribution in [2.75, 3.05) is 11.4 Å². The van der Waals surface area contributed by atoms with E-state index in [2.05, 4.69) is 15.0 Å². The first-order chi connectivity index (χ1) is 9.75. The lowest BCUT2D eigenvalue weighted by Gasteiger charge is -2.27. The number of aromatic nitrogens is 3. The number of carboxylic acid groups (broad SMARTS) is 1. The van der Waals surface area contributed by atoms with Gasteiger partial charge in [0.2, 0.25) is 0 Å². The Labute approximate surface area is 116 Å². The third-order valence-electron chi connectivity index (χ3n) is 4.44. The zero-order valence-electron chi connectivity index (χ0n) is 11.1. The number of hydrogen-bond acceptors (Lipinski definition) is 5. The lowest BCUT2D eigenvalue weighted by molar-refractivity contribution is -0.255. The van der Waals surface area contributed by atoms with E-state index in [1.165, 1.54) is 25.7 Å². The molecule has 1 fully saturated rings. The van der Waals surface area contributed by atoms with Crippen molar-refractivity contribution < 1.29 is 9.90 Å². The second-order valence-corrected chi connectivity index (χ2v) is 5.53. The van der Waals surface area contributed by atoms with Gasteiger partial charge in [-0.15, -0.1) is 0 Å². The van der Waals surface area contributed by atoms with Crippen molar-refractivity contribution in [3.05, 3.63) is 23.5 Å². The summed E-state index contributed by atoms with van der Waals surface area (Å²) in [6.45, 7) is 0.848. The molecule has 6 heteroatoms. The van der Waals surface area contributed by atoms with Gasteiger partial charge in [0.1, 0.15) is 5.82 Å². The Morgan fingerprint density at radius 2 is 2.15 bits per heavy atom. The van der Waals surface area contributed by atoms with Crippen molar-refractivity contribution in [3.63, 3.8) is 0 Å². The Morgan fingerprint density at radius 3 is 2.90 bits per heavy atom. The summed E-state index contributed by atoms with van der Waals surface area (Å²) in [4.78, 5) is 17.8. The van der Waals surface area contributed by atoms with Gasteiger partial charge in [0, 0.05) is 24.2 Å². The van der Waals surface area contributed by atoms with Crippen LogP contribution in [-0.4, -0.2) is 33.2 Å². The van der Waals surface area contributed by atoms with E-state index in [0.717, 1.165) is 17.9 Å². The summed E-state index contributed by atoms with van der Waals surface area (Å²) in [5.74, 6) is -0.288. The van der Waals surface area contributed by atoms with Crippen LogP contribution in [0, 0.1) is 0 Å². The van der Waals surface area contributed by atoms with E-state index >= 15 is 0 Å². The summed E-state index contributed by atoms with van der Waals surface area (Å²) in [7, 11) is 0. The lowest BCUT2D eigenvalue weighted by Crippen LogP contribution is -2.33. The predicted octanol–water partition coefficient (Wildman–Crippen LogP) is 0.398. The zero-order valence-corrected chi connectivity index (χ0v) is 11.1. The molecule has 0 aromatic carbocycles. The maximum absolute atomic E-state index is 11.3. The second-order valence-electron chi connectivity index (χ2n) is 5.53. The van der Waals surface area contributed by atoms with Crippen LogP contribution in [-0.2, 0) is 6.42 Å². The van der Waals surface area contributed by atoms with Gasteiger partial charge in [-0.25, -0.2) is 4.98 Å². The highest BCUT2D eigenvalue weighted by Crippen LogP contribution is 2.36. The molecule has 0 amide bonds. The van der Waals surface area contributed by atoms with E-state index in [-0.39, 0.29) is 5.69 Å². The van der Waals surface area contributed by atoms with Gasteiger partial charge in [-0.3, -0.25) is 0 Å². The van der Waals surface area contributed by atoms with Gasteiger partial charge in [0.05, 0.1) is 17.9 Å². The minimum absolute atomic E-state index is 0.0773. The SMILES string of the molecule is O=C([O-])c1nc2ccnn2c2c1CCN2C1CCCC1. The molecule has 0 atom stereocenters. The molecule has 0 bridgehead atoms. The van der Waals surface area contributed by atoms with Crippen molar-refractivity contribution in [1.29, 1.82) is 0 Å². The van der Waals surface area contributed by atoms with E-state index < -0.39 is 5.97 Å². The highest BCUT2D eigenvalue weighted by Gasteiger charge is 2.33. The van der Waals surface area contributed by atoms with Crippen molar-refractivity contribution in [3.8, 4) is 0 Å². The minimum Gasteiger partial charge on any atom is -0.543 e. The molecule has 2 aliphatic rings. The van der Waals surface area contributed by atoms with Crippen LogP contribution in [0.5, 0.6) is 0 Å². The normalized spacial score (nSPS) is 18.9. The number of hydrogen-bond donors (Lipinski definition) is 0. The van der Waals surface area contributed by atoms with Crippen LogP contribution in [0.15, 0.2) is 12.3 Å². The Balaban J connectivity index is 1.93. The third-order valence-corrected chi connectivity index (χ3v) is 4.44. The molecule has 0 spiro atoms. The third kappa shape index (κ3) is 1.54. The average Bonchev–Trinajstić information content (AvgIpc) is 3.16. The Bertz CT molecular complexity index is 688. The van der Waals surface area contributed by atoms with Gasteiger partial charge in [0.15, 0.2) is 5.65 Å². The van der Waals surface area contributed by atoms with Crippen molar-refractivity contribution in [2.45, 2.75) is 38.1 Å². The molecule has 1 aliphatic carbocycles. The average molecular weight is 271 g/mol. The lowest BCUT2D eigenvalue weighted by atomic mass is 10.2. The molecular weight excluding hydrogens is 256 g/mol. The van der Waals surface area contributed by atoms with Crippen LogP contribution in [0.4, 0.5) is 5.82 Å². The fraction of sp³-hybridized carbons (Fsp3) is 0.500. The predicted molar refractivity (Wildman–Crippen MR) is 70.6 cm³/mol. The smallest absolute Gasteiger partial charge is 0.158 e. The quantitative estimate of drug-likeness (QED) is 0.790. The van der Waals surface area contributed by atoms with Gasteiger partial charge in [0.25, 0.3) is 0 Å². The molecule has 104 valence electrons. The Hall–Kier alpha value is -2.11. The molecule has 4 rings (SSSR count). The molecule has 3 heterocycles. The number of carboxylic acids is 1. The molecule has 0 radical (unpaired) electrons. The van der Waals surface area contributed by atoms with E-state index in [9.17, 15) is 9.90 Å². The Kier molecular flexibility index (Phi) is 2.45. The van der Waals surface area contributed by atoms with E-state index in [1.54, 1.807) is 16.8 Å². The number of carbonyl (C=O) groups excluding carboxylic acids is 1. The number of rotatable bonds is 2. The molecule has 1 aliphatic heterocycles. The van der Waals surface area contributed by atoms with Crippen LogP contribution < -0.4 is 10.0 Å². The summed E-state index contributed by atoms with van der Waals surface area (Å²) < 4.78 is 1.77. The Morgan fingerprint density at radius 1 is 1.35 bits per heavy atom. The fourth-order valence-electron chi connectivity index (χ4n) is 3.56. The largest absolute Gasteiger partial charge is 0.543 e. The molecule has 20 heavy (non-hydrogen) atoms. The fourth-order valence-corrected chi connectivity index (χ4v) is 3.56. The van der Waals surface area contributed by atoms with Gasteiger partial charge < -0.3 is 14.8 Å². The van der Waals surface area contributed by atoms with Crippen molar-refractivity contribution in [1.82, 2.24) is 14.6 Å².